The Kier molecular flexibility index (Phi) is 4.72. The molecule has 1 aromatic carbocycles. The largest absolute Gasteiger partial charge is 0.450 e. The van der Waals surface area contributed by atoms with Gasteiger partial charge in [-0.25, -0.2) is 9.59 Å². The molecule has 3 heterocycles. The summed E-state index contributed by atoms with van der Waals surface area (Å²) in [5, 5.41) is 0. The molecule has 0 bridgehead atoms. The SMILES string of the molecule is CCOC(=O)N1CCC(C)(N2CCC(n3c(=O)[nH]c4ccccc43)CC2)C1. The number of rotatable bonds is 3. The van der Waals surface area contributed by atoms with Gasteiger partial charge in [-0.15, -0.1) is 0 Å². The van der Waals surface area contributed by atoms with Crippen LogP contribution in [0.2, 0.25) is 0 Å². The zero-order valence-electron chi connectivity index (χ0n) is 16.1. The number of nitrogens with one attached hydrogen (secondary N) is 1. The van der Waals surface area contributed by atoms with E-state index in [9.17, 15) is 9.59 Å². The highest BCUT2D eigenvalue weighted by Gasteiger charge is 2.42. The molecule has 27 heavy (non-hydrogen) atoms. The number of ether oxygens (including phenoxy) is 1. The van der Waals surface area contributed by atoms with Crippen LogP contribution in [0.4, 0.5) is 4.79 Å². The number of fused-ring (bicyclic) bond motifs is 1. The second-order valence-electron chi connectivity index (χ2n) is 7.90. The van der Waals surface area contributed by atoms with Crippen molar-refractivity contribution in [2.24, 2.45) is 0 Å². The minimum atomic E-state index is -0.207. The summed E-state index contributed by atoms with van der Waals surface area (Å²) in [5.41, 5.74) is 1.86. The number of hydrogen-bond donors (Lipinski definition) is 1. The van der Waals surface area contributed by atoms with Crippen molar-refractivity contribution in [1.82, 2.24) is 19.4 Å². The van der Waals surface area contributed by atoms with Gasteiger partial charge < -0.3 is 14.6 Å². The van der Waals surface area contributed by atoms with Crippen LogP contribution in [0, 0.1) is 0 Å². The lowest BCUT2D eigenvalue weighted by Crippen LogP contribution is -2.52. The van der Waals surface area contributed by atoms with Crippen LogP contribution in [0.3, 0.4) is 0 Å². The highest BCUT2D eigenvalue weighted by Crippen LogP contribution is 2.33. The van der Waals surface area contributed by atoms with Gasteiger partial charge >= 0.3 is 11.8 Å². The van der Waals surface area contributed by atoms with E-state index in [1.807, 2.05) is 40.7 Å². The molecule has 1 unspecified atom stereocenters. The molecule has 7 heteroatoms. The molecule has 1 N–H and O–H groups in total. The van der Waals surface area contributed by atoms with Gasteiger partial charge in [-0.05, 0) is 45.2 Å². The van der Waals surface area contributed by atoms with E-state index in [-0.39, 0.29) is 23.4 Å². The molecule has 0 saturated carbocycles. The van der Waals surface area contributed by atoms with Gasteiger partial charge in [0.05, 0.1) is 17.6 Å². The zero-order chi connectivity index (χ0) is 19.0. The van der Waals surface area contributed by atoms with E-state index in [4.69, 9.17) is 4.74 Å². The van der Waals surface area contributed by atoms with Gasteiger partial charge in [-0.1, -0.05) is 12.1 Å². The number of aromatic amines is 1. The first kappa shape index (κ1) is 18.1. The normalized spacial score (nSPS) is 24.6. The first-order valence-corrected chi connectivity index (χ1v) is 9.88. The van der Waals surface area contributed by atoms with Gasteiger partial charge in [-0.2, -0.15) is 0 Å². The number of carbonyl (C=O) groups is 1. The van der Waals surface area contributed by atoms with Crippen LogP contribution in [-0.2, 0) is 4.74 Å². The van der Waals surface area contributed by atoms with Crippen LogP contribution >= 0.6 is 0 Å². The molecule has 2 fully saturated rings. The van der Waals surface area contributed by atoms with E-state index < -0.39 is 0 Å². The third-order valence-electron chi connectivity index (χ3n) is 6.19. The maximum absolute atomic E-state index is 12.5. The Morgan fingerprint density at radius 1 is 1.26 bits per heavy atom. The average Bonchev–Trinajstić information content (AvgIpc) is 3.23. The van der Waals surface area contributed by atoms with Crippen LogP contribution in [0.5, 0.6) is 0 Å². The van der Waals surface area contributed by atoms with Crippen molar-refractivity contribution in [2.45, 2.75) is 44.7 Å². The summed E-state index contributed by atoms with van der Waals surface area (Å²) in [7, 11) is 0. The highest BCUT2D eigenvalue weighted by molar-refractivity contribution is 5.75. The van der Waals surface area contributed by atoms with Crippen molar-refractivity contribution < 1.29 is 9.53 Å². The fourth-order valence-electron chi connectivity index (χ4n) is 4.67. The molecular formula is C20H28N4O3. The lowest BCUT2D eigenvalue weighted by Gasteiger charge is -2.43. The zero-order valence-corrected chi connectivity index (χ0v) is 16.1. The molecule has 1 aromatic heterocycles. The smallest absolute Gasteiger partial charge is 0.409 e. The standard InChI is InChI=1S/C20H28N4O3/c1-3-27-19(26)22-13-10-20(2,14-22)23-11-8-15(9-12-23)24-17-7-5-4-6-16(17)21-18(24)25/h4-7,15H,3,8-14H2,1-2H3,(H,21,25). The van der Waals surface area contributed by atoms with Crippen molar-refractivity contribution in [3.63, 3.8) is 0 Å². The third kappa shape index (κ3) is 3.25. The molecule has 2 saturated heterocycles. The molecule has 2 aliphatic heterocycles. The summed E-state index contributed by atoms with van der Waals surface area (Å²) < 4.78 is 7.08. The lowest BCUT2D eigenvalue weighted by atomic mass is 9.94. The van der Waals surface area contributed by atoms with Crippen LogP contribution in [-0.4, -0.2) is 63.8 Å². The van der Waals surface area contributed by atoms with Crippen molar-refractivity contribution in [2.75, 3.05) is 32.8 Å². The fraction of sp³-hybridized carbons (Fsp3) is 0.600. The first-order chi connectivity index (χ1) is 13.0. The molecule has 146 valence electrons. The van der Waals surface area contributed by atoms with Crippen LogP contribution in [0.25, 0.3) is 11.0 Å². The van der Waals surface area contributed by atoms with Gasteiger partial charge in [-0.3, -0.25) is 9.47 Å². The van der Waals surface area contributed by atoms with Gasteiger partial charge in [0, 0.05) is 37.8 Å². The number of aromatic nitrogens is 2. The Balaban J connectivity index is 1.44. The second-order valence-corrected chi connectivity index (χ2v) is 7.90. The maximum Gasteiger partial charge on any atom is 0.409 e. The Morgan fingerprint density at radius 2 is 2.00 bits per heavy atom. The Bertz CT molecular complexity index is 881. The number of amides is 1. The van der Waals surface area contributed by atoms with E-state index in [0.29, 0.717) is 13.2 Å². The second kappa shape index (κ2) is 7.03. The Hall–Kier alpha value is -2.28. The number of carbonyl (C=O) groups excluding carboxylic acids is 1. The lowest BCUT2D eigenvalue weighted by molar-refractivity contribution is 0.0640. The van der Waals surface area contributed by atoms with Crippen molar-refractivity contribution >= 4 is 17.1 Å². The van der Waals surface area contributed by atoms with Gasteiger partial charge in [0.25, 0.3) is 0 Å². The number of para-hydroxylation sites is 2. The summed E-state index contributed by atoms with van der Waals surface area (Å²) in [6.45, 7) is 7.82. The van der Waals surface area contributed by atoms with E-state index in [1.54, 1.807) is 0 Å². The molecule has 0 aliphatic carbocycles. The fourth-order valence-corrected chi connectivity index (χ4v) is 4.67. The predicted octanol–water partition coefficient (Wildman–Crippen LogP) is 2.59. The van der Waals surface area contributed by atoms with E-state index in [1.165, 1.54) is 0 Å². The minimum absolute atomic E-state index is 0.0110. The average molecular weight is 372 g/mol. The summed E-state index contributed by atoms with van der Waals surface area (Å²) in [6, 6.07) is 8.10. The molecule has 0 radical (unpaired) electrons. The molecular weight excluding hydrogens is 344 g/mol. The number of H-pyrrole nitrogens is 1. The first-order valence-electron chi connectivity index (χ1n) is 9.88. The monoisotopic (exact) mass is 372 g/mol. The number of piperidine rings is 1. The highest BCUT2D eigenvalue weighted by atomic mass is 16.6. The number of imidazole rings is 1. The summed E-state index contributed by atoms with van der Waals surface area (Å²) in [6.07, 6.45) is 2.64. The molecule has 2 aromatic rings. The van der Waals surface area contributed by atoms with Crippen LogP contribution in [0.1, 0.15) is 39.2 Å². The van der Waals surface area contributed by atoms with E-state index in [2.05, 4.69) is 16.8 Å². The number of likely N-dealkylation sites (tertiary alicyclic amines) is 2. The van der Waals surface area contributed by atoms with Crippen LogP contribution < -0.4 is 5.69 Å². The van der Waals surface area contributed by atoms with Crippen molar-refractivity contribution in [3.8, 4) is 0 Å². The Labute approximate surface area is 158 Å². The van der Waals surface area contributed by atoms with Gasteiger partial charge in [0.15, 0.2) is 0 Å². The van der Waals surface area contributed by atoms with Crippen molar-refractivity contribution in [3.05, 3.63) is 34.7 Å². The van der Waals surface area contributed by atoms with E-state index in [0.717, 1.165) is 49.9 Å². The van der Waals surface area contributed by atoms with Crippen LogP contribution in [0.15, 0.2) is 29.1 Å². The van der Waals surface area contributed by atoms with Gasteiger partial charge in [0.2, 0.25) is 0 Å². The quantitative estimate of drug-likeness (QED) is 0.899. The predicted molar refractivity (Wildman–Crippen MR) is 104 cm³/mol. The Morgan fingerprint density at radius 3 is 2.74 bits per heavy atom. The number of hydrogen-bond acceptors (Lipinski definition) is 4. The number of benzene rings is 1. The summed E-state index contributed by atoms with van der Waals surface area (Å²) in [5.74, 6) is 0. The number of nitrogens with zero attached hydrogens (tertiary/aromatic N) is 3. The molecule has 1 amide bonds. The third-order valence-corrected chi connectivity index (χ3v) is 6.19. The summed E-state index contributed by atoms with van der Waals surface area (Å²) in [4.78, 5) is 31.8. The molecule has 2 aliphatic rings. The van der Waals surface area contributed by atoms with E-state index >= 15 is 0 Å². The molecule has 1 atom stereocenters. The maximum atomic E-state index is 12.5. The molecule has 7 nitrogen and oxygen atoms in total. The topological polar surface area (TPSA) is 70.6 Å². The van der Waals surface area contributed by atoms with Gasteiger partial charge in [0.1, 0.15) is 0 Å². The van der Waals surface area contributed by atoms with Crippen molar-refractivity contribution in [1.29, 1.82) is 0 Å². The molecule has 4 rings (SSSR count). The summed E-state index contributed by atoms with van der Waals surface area (Å²) >= 11 is 0. The minimum Gasteiger partial charge on any atom is -0.450 e. The molecule has 0 spiro atoms.